The molecule has 1 atom stereocenters. The average Bonchev–Trinajstić information content (AvgIpc) is 2.21. The highest BCUT2D eigenvalue weighted by atomic mass is 79.9. The molecule has 0 fully saturated rings. The van der Waals surface area contributed by atoms with Gasteiger partial charge in [-0.05, 0) is 19.4 Å². The molecule has 0 heterocycles. The molecule has 14 heavy (non-hydrogen) atoms. The largest absolute Gasteiger partial charge is 0.381 e. The van der Waals surface area contributed by atoms with Gasteiger partial charge in [-0.25, -0.2) is 0 Å². The summed E-state index contributed by atoms with van der Waals surface area (Å²) in [5.41, 5.74) is 2.65. The fraction of sp³-hybridized carbons (Fsp3) is 0.500. The second-order valence-corrected chi connectivity index (χ2v) is 4.07. The van der Waals surface area contributed by atoms with Crippen LogP contribution in [0.4, 0.5) is 0 Å². The summed E-state index contributed by atoms with van der Waals surface area (Å²) in [6.07, 6.45) is 0. The lowest BCUT2D eigenvalue weighted by atomic mass is 10.0. The number of aryl methyl sites for hydroxylation is 1. The van der Waals surface area contributed by atoms with E-state index in [1.165, 1.54) is 11.1 Å². The molecule has 1 nitrogen and oxygen atoms in total. The number of benzene rings is 1. The van der Waals surface area contributed by atoms with Crippen LogP contribution in [0.25, 0.3) is 0 Å². The minimum Gasteiger partial charge on any atom is -0.381 e. The van der Waals surface area contributed by atoms with E-state index >= 15 is 0 Å². The van der Waals surface area contributed by atoms with Gasteiger partial charge in [-0.2, -0.15) is 0 Å². The third-order valence-corrected chi connectivity index (χ3v) is 3.04. The molecule has 1 aromatic carbocycles. The zero-order valence-electron chi connectivity index (χ0n) is 8.79. The summed E-state index contributed by atoms with van der Waals surface area (Å²) in [4.78, 5) is 0. The third kappa shape index (κ3) is 3.43. The van der Waals surface area contributed by atoms with Gasteiger partial charge in [-0.3, -0.25) is 0 Å². The molecule has 2 heteroatoms. The average molecular weight is 257 g/mol. The molecule has 0 saturated heterocycles. The first-order chi connectivity index (χ1) is 6.77. The van der Waals surface area contributed by atoms with Crippen molar-refractivity contribution >= 4 is 15.9 Å². The molecular weight excluding hydrogens is 240 g/mol. The Kier molecular flexibility index (Phi) is 5.20. The van der Waals surface area contributed by atoms with Crippen LogP contribution in [0.1, 0.15) is 24.0 Å². The maximum absolute atomic E-state index is 5.44. The molecule has 0 N–H and O–H groups in total. The second kappa shape index (κ2) is 6.20. The van der Waals surface area contributed by atoms with Gasteiger partial charge in [0.25, 0.3) is 0 Å². The van der Waals surface area contributed by atoms with E-state index in [1.807, 2.05) is 6.92 Å². The second-order valence-electron chi connectivity index (χ2n) is 3.42. The lowest BCUT2D eigenvalue weighted by molar-refractivity contribution is 0.137. The Morgan fingerprint density at radius 1 is 1.29 bits per heavy atom. The van der Waals surface area contributed by atoms with Crippen molar-refractivity contribution in [1.29, 1.82) is 0 Å². The van der Waals surface area contributed by atoms with Crippen molar-refractivity contribution < 1.29 is 4.74 Å². The Morgan fingerprint density at radius 3 is 2.43 bits per heavy atom. The quantitative estimate of drug-likeness (QED) is 0.733. The Labute approximate surface area is 94.6 Å². The highest BCUT2D eigenvalue weighted by molar-refractivity contribution is 9.09. The summed E-state index contributed by atoms with van der Waals surface area (Å²) in [5.74, 6) is 0.468. The van der Waals surface area contributed by atoms with Crippen molar-refractivity contribution in [3.8, 4) is 0 Å². The van der Waals surface area contributed by atoms with Gasteiger partial charge in [0, 0.05) is 17.9 Å². The van der Waals surface area contributed by atoms with Gasteiger partial charge in [-0.15, -0.1) is 0 Å². The smallest absolute Gasteiger partial charge is 0.0542 e. The van der Waals surface area contributed by atoms with Crippen LogP contribution < -0.4 is 0 Å². The van der Waals surface area contributed by atoms with Crippen LogP contribution in [0.15, 0.2) is 24.3 Å². The summed E-state index contributed by atoms with van der Waals surface area (Å²) in [6.45, 7) is 5.72. The first kappa shape index (κ1) is 11.7. The summed E-state index contributed by atoms with van der Waals surface area (Å²) in [6, 6.07) is 8.66. The van der Waals surface area contributed by atoms with Crippen molar-refractivity contribution in [2.24, 2.45) is 0 Å². The number of alkyl halides is 1. The van der Waals surface area contributed by atoms with Gasteiger partial charge in [0.05, 0.1) is 6.61 Å². The number of halogens is 1. The third-order valence-electron chi connectivity index (χ3n) is 2.26. The van der Waals surface area contributed by atoms with Crippen molar-refractivity contribution in [3.05, 3.63) is 35.4 Å². The van der Waals surface area contributed by atoms with Crippen LogP contribution in [0.3, 0.4) is 0 Å². The van der Waals surface area contributed by atoms with Crippen molar-refractivity contribution in [3.63, 3.8) is 0 Å². The summed E-state index contributed by atoms with van der Waals surface area (Å²) >= 11 is 3.52. The summed E-state index contributed by atoms with van der Waals surface area (Å²) < 4.78 is 5.44. The van der Waals surface area contributed by atoms with E-state index < -0.39 is 0 Å². The molecule has 0 spiro atoms. The molecule has 0 aromatic heterocycles. The zero-order valence-corrected chi connectivity index (χ0v) is 10.4. The molecule has 0 aliphatic carbocycles. The molecule has 0 amide bonds. The molecule has 0 aliphatic rings. The first-order valence-electron chi connectivity index (χ1n) is 4.98. The maximum Gasteiger partial charge on any atom is 0.0542 e. The van der Waals surface area contributed by atoms with Crippen molar-refractivity contribution in [1.82, 2.24) is 0 Å². The molecule has 1 aromatic rings. The Bertz CT molecular complexity index is 256. The topological polar surface area (TPSA) is 9.23 Å². The molecular formula is C12H17BrO. The molecule has 1 unspecified atom stereocenters. The van der Waals surface area contributed by atoms with E-state index in [9.17, 15) is 0 Å². The monoisotopic (exact) mass is 256 g/mol. The van der Waals surface area contributed by atoms with E-state index in [0.29, 0.717) is 5.92 Å². The standard InChI is InChI=1S/C12H17BrO/c1-3-14-9-12(8-13)11-6-4-10(2)5-7-11/h4-7,12H,3,8-9H2,1-2H3. The zero-order chi connectivity index (χ0) is 10.4. The molecule has 0 aliphatic heterocycles. The number of hydrogen-bond acceptors (Lipinski definition) is 1. The van der Waals surface area contributed by atoms with E-state index in [1.54, 1.807) is 0 Å². The van der Waals surface area contributed by atoms with Crippen molar-refractivity contribution in [2.75, 3.05) is 18.5 Å². The van der Waals surface area contributed by atoms with Crippen LogP contribution in [0.5, 0.6) is 0 Å². The Morgan fingerprint density at radius 2 is 1.93 bits per heavy atom. The van der Waals surface area contributed by atoms with E-state index in [-0.39, 0.29) is 0 Å². The fourth-order valence-electron chi connectivity index (χ4n) is 1.33. The maximum atomic E-state index is 5.44. The van der Waals surface area contributed by atoms with Gasteiger partial charge >= 0.3 is 0 Å². The predicted molar refractivity (Wildman–Crippen MR) is 64.2 cm³/mol. The van der Waals surface area contributed by atoms with Crippen LogP contribution in [0, 0.1) is 6.92 Å². The highest BCUT2D eigenvalue weighted by Gasteiger charge is 2.09. The van der Waals surface area contributed by atoms with Crippen molar-refractivity contribution in [2.45, 2.75) is 19.8 Å². The normalized spacial score (nSPS) is 12.8. The Balaban J connectivity index is 2.64. The van der Waals surface area contributed by atoms with Crippen LogP contribution in [-0.4, -0.2) is 18.5 Å². The van der Waals surface area contributed by atoms with Crippen LogP contribution >= 0.6 is 15.9 Å². The van der Waals surface area contributed by atoms with Gasteiger partial charge in [0.1, 0.15) is 0 Å². The van der Waals surface area contributed by atoms with Gasteiger partial charge in [0.15, 0.2) is 0 Å². The van der Waals surface area contributed by atoms with E-state index in [4.69, 9.17) is 4.74 Å². The molecule has 1 rings (SSSR count). The van der Waals surface area contributed by atoms with Crippen LogP contribution in [-0.2, 0) is 4.74 Å². The van der Waals surface area contributed by atoms with E-state index in [2.05, 4.69) is 47.1 Å². The van der Waals surface area contributed by atoms with Gasteiger partial charge < -0.3 is 4.74 Å². The number of rotatable bonds is 5. The van der Waals surface area contributed by atoms with Gasteiger partial charge in [-0.1, -0.05) is 45.8 Å². The van der Waals surface area contributed by atoms with Crippen LogP contribution in [0.2, 0.25) is 0 Å². The van der Waals surface area contributed by atoms with E-state index in [0.717, 1.165) is 18.5 Å². The SMILES string of the molecule is CCOCC(CBr)c1ccc(C)cc1. The lowest BCUT2D eigenvalue weighted by Crippen LogP contribution is -2.09. The minimum absolute atomic E-state index is 0.468. The lowest BCUT2D eigenvalue weighted by Gasteiger charge is -2.14. The summed E-state index contributed by atoms with van der Waals surface area (Å²) in [7, 11) is 0. The number of ether oxygens (including phenoxy) is 1. The molecule has 0 radical (unpaired) electrons. The first-order valence-corrected chi connectivity index (χ1v) is 6.10. The fourth-order valence-corrected chi connectivity index (χ4v) is 1.89. The molecule has 78 valence electrons. The predicted octanol–water partition coefficient (Wildman–Crippen LogP) is 3.51. The number of hydrogen-bond donors (Lipinski definition) is 0. The van der Waals surface area contributed by atoms with Gasteiger partial charge in [0.2, 0.25) is 0 Å². The molecule has 0 saturated carbocycles. The Hall–Kier alpha value is -0.340. The molecule has 0 bridgehead atoms. The minimum atomic E-state index is 0.468. The highest BCUT2D eigenvalue weighted by Crippen LogP contribution is 2.19. The summed E-state index contributed by atoms with van der Waals surface area (Å²) in [5, 5.41) is 0.954.